The number of amides is 2. The van der Waals surface area contributed by atoms with Gasteiger partial charge in [0, 0.05) is 44.5 Å². The molecule has 8 nitrogen and oxygen atoms in total. The first kappa shape index (κ1) is 38.4. The Morgan fingerprint density at radius 3 is 2.40 bits per heavy atom. The van der Waals surface area contributed by atoms with E-state index in [1.54, 1.807) is 4.90 Å². The van der Waals surface area contributed by atoms with Gasteiger partial charge in [0.25, 0.3) is 0 Å². The van der Waals surface area contributed by atoms with Crippen LogP contribution in [0, 0.1) is 68.3 Å². The molecule has 8 unspecified atom stereocenters. The molecule has 0 aromatic heterocycles. The lowest BCUT2D eigenvalue weighted by Crippen LogP contribution is -2.60. The van der Waals surface area contributed by atoms with Crippen molar-refractivity contribution in [2.75, 3.05) is 26.2 Å². The summed E-state index contributed by atoms with van der Waals surface area (Å²) in [4.78, 5) is 29.4. The Bertz CT molecular complexity index is 1680. The first-order chi connectivity index (χ1) is 26.0. The van der Waals surface area contributed by atoms with Gasteiger partial charge in [-0.1, -0.05) is 34.6 Å². The molecule has 13 atom stereocenters. The Kier molecular flexibility index (Phi) is 9.20. The van der Waals surface area contributed by atoms with E-state index in [0.29, 0.717) is 56.0 Å². The fraction of sp³-hybridized carbons (Fsp3) is 0.822. The van der Waals surface area contributed by atoms with E-state index in [0.717, 1.165) is 44.6 Å². The van der Waals surface area contributed by atoms with Gasteiger partial charge in [0.05, 0.1) is 37.6 Å². The Hall–Kier alpha value is -2.14. The number of fused-ring (bicyclic) bond motifs is 4. The minimum Gasteiger partial charge on any atom is -0.390 e. The number of aliphatic hydroxyl groups is 1. The lowest BCUT2D eigenvalue weighted by Gasteiger charge is -2.64. The molecule has 0 bridgehead atoms. The first-order valence-corrected chi connectivity index (χ1v) is 21.6. The number of hydrogen-bond donors (Lipinski definition) is 1. The van der Waals surface area contributed by atoms with Gasteiger partial charge >= 0.3 is 0 Å². The second kappa shape index (κ2) is 13.2. The Labute approximate surface area is 326 Å². The fourth-order valence-corrected chi connectivity index (χ4v) is 15.0. The molecule has 1 N–H and O–H groups in total. The highest BCUT2D eigenvalue weighted by Crippen LogP contribution is 2.89. The average Bonchev–Trinajstić information content (AvgIpc) is 4.04. The number of carbonyl (C=O) groups is 2. The highest BCUT2D eigenvalue weighted by Gasteiger charge is 2.84. The number of carbonyl (C=O) groups excluding carboxylic acids is 2. The zero-order valence-corrected chi connectivity index (χ0v) is 34.0. The summed E-state index contributed by atoms with van der Waals surface area (Å²) in [7, 11) is 0. The smallest absolute Gasteiger partial charge is 0.223 e. The molecule has 9 rings (SSSR count). The average molecular weight is 767 g/mol. The number of benzene rings is 1. The number of halogens is 2. The molecule has 6 aliphatic carbocycles. The quantitative estimate of drug-likeness (QED) is 0.295. The van der Waals surface area contributed by atoms with E-state index in [9.17, 15) is 23.5 Å². The molecule has 2 aliphatic heterocycles. The Morgan fingerprint density at radius 1 is 0.982 bits per heavy atom. The maximum Gasteiger partial charge on any atom is 0.223 e. The number of hydrogen-bond acceptors (Lipinski definition) is 6. The molecule has 10 heteroatoms. The number of morpholine rings is 1. The minimum atomic E-state index is -0.658. The van der Waals surface area contributed by atoms with Gasteiger partial charge in [-0.05, 0) is 133 Å². The molecular formula is C45H64F2N2O6. The van der Waals surface area contributed by atoms with Crippen LogP contribution in [0.2, 0.25) is 0 Å². The van der Waals surface area contributed by atoms with Gasteiger partial charge in [-0.2, -0.15) is 0 Å². The van der Waals surface area contributed by atoms with Crippen LogP contribution in [-0.2, 0) is 30.3 Å². The molecule has 1 aromatic carbocycles. The van der Waals surface area contributed by atoms with Crippen LogP contribution >= 0.6 is 0 Å². The summed E-state index contributed by atoms with van der Waals surface area (Å²) in [6, 6.07) is 3.40. The zero-order chi connectivity index (χ0) is 38.9. The van der Waals surface area contributed by atoms with Gasteiger partial charge < -0.3 is 29.1 Å². The normalized spacial score (nSPS) is 45.4. The van der Waals surface area contributed by atoms with Crippen LogP contribution < -0.4 is 0 Å². The molecule has 2 heterocycles. The second-order valence-corrected chi connectivity index (χ2v) is 20.7. The summed E-state index contributed by atoms with van der Waals surface area (Å²) in [6.45, 7) is 15.6. The third-order valence-corrected chi connectivity index (χ3v) is 17.8. The van der Waals surface area contributed by atoms with Crippen molar-refractivity contribution in [1.82, 2.24) is 9.80 Å². The van der Waals surface area contributed by atoms with Crippen molar-refractivity contribution in [1.29, 1.82) is 0 Å². The maximum atomic E-state index is 14.0. The van der Waals surface area contributed by atoms with Crippen molar-refractivity contribution in [2.45, 2.75) is 149 Å². The van der Waals surface area contributed by atoms with Crippen molar-refractivity contribution in [2.24, 2.45) is 56.7 Å². The van der Waals surface area contributed by atoms with Gasteiger partial charge in [0.2, 0.25) is 11.8 Å². The third-order valence-electron chi connectivity index (χ3n) is 17.8. The summed E-state index contributed by atoms with van der Waals surface area (Å²) in [6.07, 6.45) is 10.1. The van der Waals surface area contributed by atoms with Crippen LogP contribution in [0.1, 0.15) is 118 Å². The monoisotopic (exact) mass is 766 g/mol. The van der Waals surface area contributed by atoms with Gasteiger partial charge in [-0.25, -0.2) is 8.78 Å². The molecule has 6 saturated carbocycles. The molecule has 55 heavy (non-hydrogen) atoms. The predicted molar refractivity (Wildman–Crippen MR) is 202 cm³/mol. The molecule has 8 aliphatic rings. The molecule has 8 fully saturated rings. The van der Waals surface area contributed by atoms with Crippen LogP contribution in [0.15, 0.2) is 18.2 Å². The van der Waals surface area contributed by atoms with Gasteiger partial charge in [0.1, 0.15) is 11.6 Å². The van der Waals surface area contributed by atoms with Gasteiger partial charge in [0.15, 0.2) is 6.29 Å². The molecule has 2 spiro atoms. The largest absolute Gasteiger partial charge is 0.390 e. The third kappa shape index (κ3) is 5.82. The highest BCUT2D eigenvalue weighted by molar-refractivity contribution is 5.76. The number of rotatable bonds is 8. The van der Waals surface area contributed by atoms with Crippen LogP contribution in [-0.4, -0.2) is 83.7 Å². The van der Waals surface area contributed by atoms with Crippen molar-refractivity contribution >= 4 is 11.8 Å². The predicted octanol–water partition coefficient (Wildman–Crippen LogP) is 7.50. The molecule has 304 valence electrons. The van der Waals surface area contributed by atoms with E-state index in [1.807, 2.05) is 4.90 Å². The van der Waals surface area contributed by atoms with Crippen molar-refractivity contribution in [3.8, 4) is 0 Å². The van der Waals surface area contributed by atoms with Crippen LogP contribution in [0.4, 0.5) is 8.78 Å². The Balaban J connectivity index is 0.904. The second-order valence-electron chi connectivity index (χ2n) is 20.7. The summed E-state index contributed by atoms with van der Waals surface area (Å²) in [5, 5.41) is 12.7. The fourth-order valence-electron chi connectivity index (χ4n) is 15.0. The number of aliphatic hydroxyl groups excluding tert-OH is 1. The van der Waals surface area contributed by atoms with Gasteiger partial charge in [-0.3, -0.25) is 9.59 Å². The van der Waals surface area contributed by atoms with E-state index in [1.165, 1.54) is 44.7 Å². The van der Waals surface area contributed by atoms with Gasteiger partial charge in [-0.15, -0.1) is 0 Å². The van der Waals surface area contributed by atoms with Crippen molar-refractivity contribution < 1.29 is 37.7 Å². The molecule has 0 radical (unpaired) electrons. The minimum absolute atomic E-state index is 0.0367. The summed E-state index contributed by atoms with van der Waals surface area (Å²) in [5.41, 5.74) is 0.456. The zero-order valence-electron chi connectivity index (χ0n) is 34.0. The Morgan fingerprint density at radius 2 is 1.69 bits per heavy atom. The number of nitrogens with zero attached hydrogens (tertiary/aromatic N) is 2. The number of ether oxygens (including phenoxy) is 3. The highest BCUT2D eigenvalue weighted by atomic mass is 19.1. The summed E-state index contributed by atoms with van der Waals surface area (Å²) >= 11 is 0. The lowest BCUT2D eigenvalue weighted by molar-refractivity contribution is -0.248. The standard InChI is InChI=1S/C45H64F2N2O6/c1-26-17-32(23-49(27(2)50)22-29-18-30(46)21-31(47)19-29)54-39-38(26)42(5)13-14-45-25-44(45)12-11-35(41(3,4)33(44)9-10-34(45)43(42,6)40(39)52)55-37-24-48(15-16-53-37)36(51)20-28-7-8-28/h18-19,21,26,28,32-35,37-40,52H,7-17,20,22-25H2,1-6H3/t26-,32?,33+,34?,35?,37+,38?,39?,40+,42?,43-,44?,45?/m1/s1. The van der Waals surface area contributed by atoms with Crippen LogP contribution in [0.25, 0.3) is 0 Å². The van der Waals surface area contributed by atoms with E-state index in [-0.39, 0.29) is 81.9 Å². The molecule has 2 amide bonds. The topological polar surface area (TPSA) is 88.5 Å². The van der Waals surface area contributed by atoms with Crippen LogP contribution in [0.3, 0.4) is 0 Å². The SMILES string of the molecule is CC(=O)N(Cc1cc(F)cc(F)c1)CC1C[C@@H](C)C2C(O1)[C@H](O)[C@@]1(C)C3CC[C@H]4C(C)(C)C(O[C@H]5CN(C(=O)CC6CC6)CCO5)CCC45CC35CCC21C. The van der Waals surface area contributed by atoms with E-state index in [4.69, 9.17) is 14.2 Å². The van der Waals surface area contributed by atoms with E-state index < -0.39 is 17.7 Å². The van der Waals surface area contributed by atoms with Crippen molar-refractivity contribution in [3.05, 3.63) is 35.4 Å². The first-order valence-electron chi connectivity index (χ1n) is 21.6. The molecular weight excluding hydrogens is 702 g/mol. The molecule has 2 saturated heterocycles. The van der Waals surface area contributed by atoms with E-state index in [2.05, 4.69) is 34.6 Å². The summed E-state index contributed by atoms with van der Waals surface area (Å²) < 4.78 is 48.0. The lowest BCUT2D eigenvalue weighted by atomic mass is 9.41. The van der Waals surface area contributed by atoms with E-state index >= 15 is 0 Å². The van der Waals surface area contributed by atoms with Crippen LogP contribution in [0.5, 0.6) is 0 Å². The summed E-state index contributed by atoms with van der Waals surface area (Å²) in [5.74, 6) is 0.772. The van der Waals surface area contributed by atoms with Crippen molar-refractivity contribution in [3.63, 3.8) is 0 Å². The molecule has 1 aromatic rings. The maximum absolute atomic E-state index is 14.0.